The van der Waals surface area contributed by atoms with Crippen LogP contribution in [0.3, 0.4) is 0 Å². The largest absolute Gasteiger partial charge is 0.443 e. The summed E-state index contributed by atoms with van der Waals surface area (Å²) in [6.07, 6.45) is 0.744. The van der Waals surface area contributed by atoms with Crippen LogP contribution < -0.4 is 21.3 Å². The zero-order chi connectivity index (χ0) is 30.3. The van der Waals surface area contributed by atoms with Gasteiger partial charge in [-0.15, -0.1) is 22.7 Å². The van der Waals surface area contributed by atoms with Crippen LogP contribution in [0, 0.1) is 12.8 Å². The van der Waals surface area contributed by atoms with Gasteiger partial charge in [0.2, 0.25) is 5.89 Å². The number of imide groups is 1. The Bertz CT molecular complexity index is 1560. The highest BCUT2D eigenvalue weighted by molar-refractivity contribution is 7.10. The molecule has 2 aliphatic rings. The molecule has 0 aromatic carbocycles. The molecule has 5 rings (SSSR count). The molecule has 0 aliphatic carbocycles. The molecule has 1 unspecified atom stereocenters. The van der Waals surface area contributed by atoms with Gasteiger partial charge in [-0.3, -0.25) is 24.5 Å². The Kier molecular flexibility index (Phi) is 8.10. The van der Waals surface area contributed by atoms with Gasteiger partial charge < -0.3 is 25.3 Å². The number of likely N-dealkylation sites (N-methyl/N-ethyl adjacent to an activating group) is 1. The van der Waals surface area contributed by atoms with Gasteiger partial charge in [-0.05, 0) is 19.8 Å². The van der Waals surface area contributed by atoms with E-state index in [4.69, 9.17) is 4.42 Å². The highest BCUT2D eigenvalue weighted by Gasteiger charge is 2.39. The van der Waals surface area contributed by atoms with Crippen molar-refractivity contribution < 1.29 is 28.4 Å². The van der Waals surface area contributed by atoms with Gasteiger partial charge in [-0.2, -0.15) is 0 Å². The van der Waals surface area contributed by atoms with Crippen molar-refractivity contribution in [2.45, 2.75) is 64.7 Å². The maximum Gasteiger partial charge on any atom is 0.324 e. The van der Waals surface area contributed by atoms with Gasteiger partial charge >= 0.3 is 6.03 Å². The van der Waals surface area contributed by atoms with Crippen LogP contribution in [0.2, 0.25) is 0 Å². The highest BCUT2D eigenvalue weighted by Crippen LogP contribution is 2.30. The van der Waals surface area contributed by atoms with Crippen LogP contribution in [0.25, 0.3) is 0 Å². The second-order valence-corrected chi connectivity index (χ2v) is 12.1. The summed E-state index contributed by atoms with van der Waals surface area (Å²) in [6.45, 7) is 7.25. The number of oxazole rings is 1. The lowest BCUT2D eigenvalue weighted by atomic mass is 9.99. The average molecular weight is 615 g/mol. The molecule has 42 heavy (non-hydrogen) atoms. The maximum atomic E-state index is 13.4. The van der Waals surface area contributed by atoms with Gasteiger partial charge in [0.15, 0.2) is 5.69 Å². The fourth-order valence-electron chi connectivity index (χ4n) is 4.66. The van der Waals surface area contributed by atoms with E-state index in [-0.39, 0.29) is 35.3 Å². The molecule has 5 atom stereocenters. The number of nitrogens with zero attached hydrogens (tertiary/aromatic N) is 4. The van der Waals surface area contributed by atoms with Crippen molar-refractivity contribution in [3.63, 3.8) is 0 Å². The summed E-state index contributed by atoms with van der Waals surface area (Å²) >= 11 is 2.37. The van der Waals surface area contributed by atoms with Crippen LogP contribution in [-0.4, -0.2) is 62.6 Å². The third kappa shape index (κ3) is 5.63. The van der Waals surface area contributed by atoms with Crippen LogP contribution in [0.4, 0.5) is 4.79 Å². The summed E-state index contributed by atoms with van der Waals surface area (Å²) in [7, 11) is 1.49. The maximum absolute atomic E-state index is 13.4. The lowest BCUT2D eigenvalue weighted by Crippen LogP contribution is -2.38. The lowest BCUT2D eigenvalue weighted by molar-refractivity contribution is -0.121. The third-order valence-electron chi connectivity index (χ3n) is 7.40. The van der Waals surface area contributed by atoms with E-state index >= 15 is 0 Å². The van der Waals surface area contributed by atoms with Gasteiger partial charge in [-0.1, -0.05) is 20.3 Å². The fraction of sp³-hybridized carbons (Fsp3) is 0.462. The predicted octanol–water partition coefficient (Wildman–Crippen LogP) is 2.63. The second-order valence-electron chi connectivity index (χ2n) is 10.3. The van der Waals surface area contributed by atoms with Crippen molar-refractivity contribution in [3.8, 4) is 0 Å². The summed E-state index contributed by atoms with van der Waals surface area (Å²) in [6, 6.07) is -3.43. The molecular formula is C26H30N8O6S2. The fourth-order valence-corrected chi connectivity index (χ4v) is 6.50. The number of aryl methyl sites for hydroxylation is 1. The molecule has 0 radical (unpaired) electrons. The van der Waals surface area contributed by atoms with E-state index in [1.807, 2.05) is 13.8 Å². The number of hydrogen-bond donors (Lipinski definition) is 4. The molecular weight excluding hydrogens is 584 g/mol. The number of nitrogens with one attached hydrogen (secondary N) is 4. The predicted molar refractivity (Wildman–Crippen MR) is 151 cm³/mol. The standard InChI is InChI=1S/C26H30N8O6S2/c1-6-10(2)17-25-30-15(9-42-25)20(36)28-13(7-16-21(37)33-26(39)34(16)5)24-29-14(8-41-24)19(35)27-11(3)23-32-18(12(4)40-23)22(38)31-17/h8-11,13,16-17H,6-7H2,1-5H3,(H,27,35)(H,28,36)(H,31,38)(H,33,37,39)/t10-,11-,13+,16?,17-/m0/s1. The highest BCUT2D eigenvalue weighted by atomic mass is 32.1. The molecule has 14 nitrogen and oxygen atoms in total. The summed E-state index contributed by atoms with van der Waals surface area (Å²) in [5.74, 6) is -1.59. The molecule has 3 aromatic heterocycles. The molecule has 1 fully saturated rings. The molecule has 16 heteroatoms. The van der Waals surface area contributed by atoms with E-state index in [2.05, 4.69) is 36.2 Å². The molecule has 5 heterocycles. The minimum absolute atomic E-state index is 0.0195. The van der Waals surface area contributed by atoms with Crippen LogP contribution in [0.5, 0.6) is 0 Å². The summed E-state index contributed by atoms with van der Waals surface area (Å²) in [4.78, 5) is 79.0. The normalized spacial score (nSPS) is 23.9. The van der Waals surface area contributed by atoms with Crippen molar-refractivity contribution in [1.82, 2.24) is 41.1 Å². The Morgan fingerprint density at radius 1 is 0.952 bits per heavy atom. The quantitative estimate of drug-likeness (QED) is 0.320. The molecule has 3 aromatic rings. The van der Waals surface area contributed by atoms with Crippen LogP contribution in [0.1, 0.15) is 105 Å². The molecule has 0 spiro atoms. The Labute approximate surface area is 248 Å². The van der Waals surface area contributed by atoms with E-state index in [0.29, 0.717) is 15.8 Å². The van der Waals surface area contributed by atoms with E-state index in [1.165, 1.54) is 28.7 Å². The van der Waals surface area contributed by atoms with Gasteiger partial charge in [-0.25, -0.2) is 19.7 Å². The molecule has 2 aliphatic heterocycles. The first-order chi connectivity index (χ1) is 20.0. The Balaban J connectivity index is 1.55. The minimum Gasteiger partial charge on any atom is -0.443 e. The van der Waals surface area contributed by atoms with Crippen LogP contribution in [0.15, 0.2) is 15.2 Å². The number of aromatic nitrogens is 3. The van der Waals surface area contributed by atoms with Crippen molar-refractivity contribution >= 4 is 52.3 Å². The zero-order valence-corrected chi connectivity index (χ0v) is 25.1. The van der Waals surface area contributed by atoms with Crippen molar-refractivity contribution in [1.29, 1.82) is 0 Å². The first-order valence-corrected chi connectivity index (χ1v) is 15.1. The number of rotatable bonds is 4. The van der Waals surface area contributed by atoms with E-state index in [0.717, 1.165) is 17.8 Å². The zero-order valence-electron chi connectivity index (χ0n) is 23.5. The minimum atomic E-state index is -0.861. The molecule has 1 saturated heterocycles. The van der Waals surface area contributed by atoms with Gasteiger partial charge in [0, 0.05) is 24.2 Å². The number of urea groups is 1. The number of fused-ring (bicyclic) bond motifs is 6. The first kappa shape index (κ1) is 29.3. The lowest BCUT2D eigenvalue weighted by Gasteiger charge is -2.23. The second kappa shape index (κ2) is 11.6. The molecule has 6 bridgehead atoms. The third-order valence-corrected chi connectivity index (χ3v) is 9.29. The number of carbonyl (C=O) groups is 5. The monoisotopic (exact) mass is 614 g/mol. The van der Waals surface area contributed by atoms with Crippen LogP contribution >= 0.6 is 22.7 Å². The Hall–Kier alpha value is -4.18. The van der Waals surface area contributed by atoms with Gasteiger partial charge in [0.25, 0.3) is 23.6 Å². The van der Waals surface area contributed by atoms with Gasteiger partial charge in [0.05, 0.1) is 12.1 Å². The smallest absolute Gasteiger partial charge is 0.324 e. The molecule has 222 valence electrons. The van der Waals surface area contributed by atoms with E-state index in [9.17, 15) is 24.0 Å². The van der Waals surface area contributed by atoms with Crippen molar-refractivity contribution in [2.75, 3.05) is 7.05 Å². The number of hydrogen-bond acceptors (Lipinski definition) is 11. The molecule has 6 amide bonds. The summed E-state index contributed by atoms with van der Waals surface area (Å²) in [5, 5.41) is 15.0. The SMILES string of the molecule is CC[C@H](C)[C@@H]1NC(=O)c2nc(oc2C)[C@H](C)NC(=O)c2csc(n2)[C@@H](CC2C(=O)NC(=O)N2C)NC(=O)c2csc1n2. The van der Waals surface area contributed by atoms with Crippen molar-refractivity contribution in [2.24, 2.45) is 5.92 Å². The summed E-state index contributed by atoms with van der Waals surface area (Å²) in [5.41, 5.74) is 0.288. The number of thiazole rings is 2. The molecule has 0 saturated carbocycles. The summed E-state index contributed by atoms with van der Waals surface area (Å²) < 4.78 is 5.74. The van der Waals surface area contributed by atoms with E-state index < -0.39 is 53.8 Å². The topological polar surface area (TPSA) is 189 Å². The van der Waals surface area contributed by atoms with Crippen molar-refractivity contribution in [3.05, 3.63) is 49.5 Å². The molecule has 4 N–H and O–H groups in total. The average Bonchev–Trinajstić information content (AvgIpc) is 3.75. The van der Waals surface area contributed by atoms with E-state index in [1.54, 1.807) is 19.2 Å². The number of amides is 6. The van der Waals surface area contributed by atoms with Gasteiger partial charge in [0.1, 0.15) is 39.2 Å². The Morgan fingerprint density at radius 3 is 2.24 bits per heavy atom. The Morgan fingerprint density at radius 2 is 1.60 bits per heavy atom. The number of carbonyl (C=O) groups excluding carboxylic acids is 5. The first-order valence-electron chi connectivity index (χ1n) is 13.3. The van der Waals surface area contributed by atoms with Crippen LogP contribution in [-0.2, 0) is 4.79 Å².